The average molecular weight is 184 g/mol. The van der Waals surface area contributed by atoms with Crippen LogP contribution in [0.5, 0.6) is 0 Å². The fourth-order valence-electron chi connectivity index (χ4n) is 2.66. The van der Waals surface area contributed by atoms with Gasteiger partial charge in [0.2, 0.25) is 0 Å². The summed E-state index contributed by atoms with van der Waals surface area (Å²) in [7, 11) is 0. The Balaban J connectivity index is 1.99. The predicted molar refractivity (Wildman–Crippen MR) is 56.7 cm³/mol. The molecule has 1 heteroatoms. The molecule has 0 aromatic carbocycles. The quantitative estimate of drug-likeness (QED) is 0.551. The Morgan fingerprint density at radius 1 is 1.08 bits per heavy atom. The molecule has 0 N–H and O–H groups in total. The van der Waals surface area contributed by atoms with Crippen LogP contribution >= 0.6 is 11.8 Å². The van der Waals surface area contributed by atoms with Gasteiger partial charge >= 0.3 is 0 Å². The normalized spacial score (nSPS) is 40.5. The molecule has 1 heterocycles. The molecular formula is C11H20S. The molecule has 12 heavy (non-hydrogen) atoms. The Morgan fingerprint density at radius 3 is 2.67 bits per heavy atom. The summed E-state index contributed by atoms with van der Waals surface area (Å²) in [6.07, 6.45) is 8.96. The van der Waals surface area contributed by atoms with Crippen LogP contribution in [0.1, 0.15) is 52.4 Å². The van der Waals surface area contributed by atoms with Crippen LogP contribution in [0.3, 0.4) is 0 Å². The number of rotatable bonds is 0. The maximum atomic E-state index is 2.42. The second-order valence-corrected chi connectivity index (χ2v) is 6.95. The molecule has 0 spiro atoms. The van der Waals surface area contributed by atoms with Crippen LogP contribution in [-0.2, 0) is 0 Å². The van der Waals surface area contributed by atoms with Crippen LogP contribution < -0.4 is 0 Å². The molecule has 0 amide bonds. The molecular weight excluding hydrogens is 164 g/mol. The van der Waals surface area contributed by atoms with Gasteiger partial charge in [0.1, 0.15) is 0 Å². The Morgan fingerprint density at radius 2 is 1.83 bits per heavy atom. The summed E-state index contributed by atoms with van der Waals surface area (Å²) in [4.78, 5) is 0. The van der Waals surface area contributed by atoms with Crippen LogP contribution in [0, 0.1) is 5.92 Å². The molecule has 2 aliphatic rings. The summed E-state index contributed by atoms with van der Waals surface area (Å²) in [5, 5.41) is 1.02. The van der Waals surface area contributed by atoms with Gasteiger partial charge in [0.15, 0.2) is 0 Å². The van der Waals surface area contributed by atoms with E-state index >= 15 is 0 Å². The molecule has 0 radical (unpaired) electrons. The molecule has 1 saturated carbocycles. The van der Waals surface area contributed by atoms with E-state index in [9.17, 15) is 0 Å². The number of thioether (sulfide) groups is 1. The molecule has 1 aliphatic carbocycles. The van der Waals surface area contributed by atoms with E-state index in [-0.39, 0.29) is 0 Å². The predicted octanol–water partition coefficient (Wildman–Crippen LogP) is 3.85. The highest BCUT2D eigenvalue weighted by Gasteiger charge is 2.36. The Bertz CT molecular complexity index is 162. The minimum absolute atomic E-state index is 0.582. The van der Waals surface area contributed by atoms with Gasteiger partial charge in [-0.05, 0) is 31.6 Å². The van der Waals surface area contributed by atoms with E-state index in [1.165, 1.54) is 38.5 Å². The van der Waals surface area contributed by atoms with Gasteiger partial charge in [-0.3, -0.25) is 0 Å². The third-order valence-corrected chi connectivity index (χ3v) is 5.19. The van der Waals surface area contributed by atoms with E-state index in [2.05, 4.69) is 25.6 Å². The van der Waals surface area contributed by atoms with Gasteiger partial charge in [-0.25, -0.2) is 0 Å². The van der Waals surface area contributed by atoms with E-state index in [1.807, 2.05) is 0 Å². The number of fused-ring (bicyclic) bond motifs is 1. The zero-order chi connectivity index (χ0) is 8.60. The summed E-state index contributed by atoms with van der Waals surface area (Å²) in [5.74, 6) is 1.08. The summed E-state index contributed by atoms with van der Waals surface area (Å²) in [5.41, 5.74) is 0. The van der Waals surface area contributed by atoms with E-state index in [0.29, 0.717) is 4.75 Å². The molecule has 2 fully saturated rings. The lowest BCUT2D eigenvalue weighted by Crippen LogP contribution is -2.34. The van der Waals surface area contributed by atoms with Crippen LogP contribution in [0.15, 0.2) is 0 Å². The lowest BCUT2D eigenvalue weighted by molar-refractivity contribution is 0.315. The third-order valence-electron chi connectivity index (χ3n) is 3.43. The highest BCUT2D eigenvalue weighted by Crippen LogP contribution is 2.48. The topological polar surface area (TPSA) is 0 Å². The monoisotopic (exact) mass is 184 g/mol. The van der Waals surface area contributed by atoms with Crippen molar-refractivity contribution in [2.75, 3.05) is 0 Å². The van der Waals surface area contributed by atoms with Gasteiger partial charge in [0, 0.05) is 10.00 Å². The van der Waals surface area contributed by atoms with Crippen molar-refractivity contribution in [1.29, 1.82) is 0 Å². The van der Waals surface area contributed by atoms with Gasteiger partial charge in [-0.1, -0.05) is 26.7 Å². The van der Waals surface area contributed by atoms with Crippen molar-refractivity contribution in [3.8, 4) is 0 Å². The lowest BCUT2D eigenvalue weighted by Gasteiger charge is -2.42. The molecule has 0 aromatic heterocycles. The van der Waals surface area contributed by atoms with Crippen molar-refractivity contribution in [2.45, 2.75) is 62.4 Å². The molecule has 0 nitrogen and oxygen atoms in total. The SMILES string of the molecule is CC1(C)CCC2CCCCC2S1. The molecule has 2 unspecified atom stereocenters. The average Bonchev–Trinajstić information content (AvgIpc) is 2.02. The van der Waals surface area contributed by atoms with Crippen LogP contribution in [0.2, 0.25) is 0 Å². The first kappa shape index (κ1) is 8.93. The summed E-state index contributed by atoms with van der Waals surface area (Å²) < 4.78 is 0.582. The first-order valence-electron chi connectivity index (χ1n) is 5.35. The number of hydrogen-bond donors (Lipinski definition) is 0. The minimum atomic E-state index is 0.582. The van der Waals surface area contributed by atoms with Crippen molar-refractivity contribution in [3.63, 3.8) is 0 Å². The fraction of sp³-hybridized carbons (Fsp3) is 1.00. The zero-order valence-corrected chi connectivity index (χ0v) is 9.12. The zero-order valence-electron chi connectivity index (χ0n) is 8.31. The first-order chi connectivity index (χ1) is 5.67. The van der Waals surface area contributed by atoms with Gasteiger partial charge in [0.25, 0.3) is 0 Å². The molecule has 2 rings (SSSR count). The maximum absolute atomic E-state index is 2.42. The lowest BCUT2D eigenvalue weighted by atomic mass is 9.83. The van der Waals surface area contributed by atoms with Crippen molar-refractivity contribution in [1.82, 2.24) is 0 Å². The van der Waals surface area contributed by atoms with Crippen molar-refractivity contribution >= 4 is 11.8 Å². The summed E-state index contributed by atoms with van der Waals surface area (Å²) in [6, 6.07) is 0. The molecule has 1 aliphatic heterocycles. The summed E-state index contributed by atoms with van der Waals surface area (Å²) >= 11 is 2.27. The third kappa shape index (κ3) is 1.81. The second-order valence-electron chi connectivity index (χ2n) is 5.00. The van der Waals surface area contributed by atoms with E-state index in [4.69, 9.17) is 0 Å². The van der Waals surface area contributed by atoms with Crippen LogP contribution in [-0.4, -0.2) is 10.00 Å². The standard InChI is InChI=1S/C11H20S/c1-11(2)8-7-9-5-3-4-6-10(9)12-11/h9-10H,3-8H2,1-2H3. The van der Waals surface area contributed by atoms with E-state index in [0.717, 1.165) is 11.2 Å². The Kier molecular flexibility index (Phi) is 2.42. The van der Waals surface area contributed by atoms with Crippen molar-refractivity contribution in [3.05, 3.63) is 0 Å². The van der Waals surface area contributed by atoms with E-state index < -0.39 is 0 Å². The van der Waals surface area contributed by atoms with Crippen molar-refractivity contribution < 1.29 is 0 Å². The van der Waals surface area contributed by atoms with Gasteiger partial charge in [-0.2, -0.15) is 11.8 Å². The Labute approximate surface area is 80.5 Å². The number of hydrogen-bond acceptors (Lipinski definition) is 1. The molecule has 0 bridgehead atoms. The fourth-order valence-corrected chi connectivity index (χ4v) is 4.47. The van der Waals surface area contributed by atoms with Gasteiger partial charge < -0.3 is 0 Å². The highest BCUT2D eigenvalue weighted by molar-refractivity contribution is 8.01. The highest BCUT2D eigenvalue weighted by atomic mass is 32.2. The molecule has 0 aromatic rings. The minimum Gasteiger partial charge on any atom is -0.152 e. The molecule has 2 atom stereocenters. The largest absolute Gasteiger partial charge is 0.152 e. The smallest absolute Gasteiger partial charge is 0.0106 e. The maximum Gasteiger partial charge on any atom is 0.0106 e. The van der Waals surface area contributed by atoms with Crippen molar-refractivity contribution in [2.24, 2.45) is 5.92 Å². The van der Waals surface area contributed by atoms with Crippen LogP contribution in [0.4, 0.5) is 0 Å². The van der Waals surface area contributed by atoms with Gasteiger partial charge in [-0.15, -0.1) is 0 Å². The first-order valence-corrected chi connectivity index (χ1v) is 6.23. The van der Waals surface area contributed by atoms with Crippen LogP contribution in [0.25, 0.3) is 0 Å². The molecule has 70 valence electrons. The van der Waals surface area contributed by atoms with E-state index in [1.54, 1.807) is 0 Å². The summed E-state index contributed by atoms with van der Waals surface area (Å²) in [6.45, 7) is 4.84. The second kappa shape index (κ2) is 3.25. The Hall–Kier alpha value is 0.350. The molecule has 1 saturated heterocycles. The van der Waals surface area contributed by atoms with Gasteiger partial charge in [0.05, 0.1) is 0 Å².